The summed E-state index contributed by atoms with van der Waals surface area (Å²) < 4.78 is 55.3. The Labute approximate surface area is 213 Å². The van der Waals surface area contributed by atoms with Crippen molar-refractivity contribution < 1.29 is 32.2 Å². The summed E-state index contributed by atoms with van der Waals surface area (Å²) in [5.74, 6) is -0.235. The van der Waals surface area contributed by atoms with Gasteiger partial charge in [0, 0.05) is 6.61 Å². The third kappa shape index (κ3) is 11.0. The molecule has 0 amide bonds. The van der Waals surface area contributed by atoms with E-state index in [2.05, 4.69) is 6.92 Å². The van der Waals surface area contributed by atoms with Crippen molar-refractivity contribution >= 4 is 5.97 Å². The van der Waals surface area contributed by atoms with Crippen LogP contribution in [0.3, 0.4) is 0 Å². The van der Waals surface area contributed by atoms with Crippen molar-refractivity contribution in [3.05, 3.63) is 54.1 Å². The molecule has 0 spiro atoms. The molecule has 0 radical (unpaired) electrons. The van der Waals surface area contributed by atoms with Crippen LogP contribution in [-0.4, -0.2) is 38.1 Å². The Morgan fingerprint density at radius 1 is 0.750 bits per heavy atom. The lowest BCUT2D eigenvalue weighted by molar-refractivity contribution is -0.217. The fourth-order valence-corrected chi connectivity index (χ4v) is 3.62. The van der Waals surface area contributed by atoms with Gasteiger partial charge in [-0.25, -0.2) is 4.79 Å². The molecule has 7 heteroatoms. The first-order valence-electron chi connectivity index (χ1n) is 13.0. The Morgan fingerprint density at radius 3 is 1.89 bits per heavy atom. The van der Waals surface area contributed by atoms with Crippen LogP contribution >= 0.6 is 0 Å². The van der Waals surface area contributed by atoms with Crippen LogP contribution in [0.4, 0.5) is 13.2 Å². The molecular weight excluding hydrogens is 469 g/mol. The number of halogens is 3. The zero-order valence-corrected chi connectivity index (χ0v) is 21.4. The second kappa shape index (κ2) is 16.3. The summed E-state index contributed by atoms with van der Waals surface area (Å²) in [5.41, 5.74) is 1.80. The maximum atomic E-state index is 13.2. The van der Waals surface area contributed by atoms with E-state index in [0.717, 1.165) is 29.7 Å². The van der Waals surface area contributed by atoms with Gasteiger partial charge in [-0.15, -0.1) is 0 Å². The van der Waals surface area contributed by atoms with E-state index >= 15 is 0 Å². The van der Waals surface area contributed by atoms with Gasteiger partial charge in [0.05, 0.1) is 18.8 Å². The van der Waals surface area contributed by atoms with Gasteiger partial charge >= 0.3 is 12.1 Å². The molecular formula is C29H39F3O4. The third-order valence-electron chi connectivity index (χ3n) is 5.85. The maximum Gasteiger partial charge on any atom is 0.427 e. The van der Waals surface area contributed by atoms with E-state index in [0.29, 0.717) is 13.0 Å². The normalized spacial score (nSPS) is 12.4. The second-order valence-electron chi connectivity index (χ2n) is 8.94. The van der Waals surface area contributed by atoms with Gasteiger partial charge in [-0.1, -0.05) is 83.1 Å². The van der Waals surface area contributed by atoms with Gasteiger partial charge in [-0.2, -0.15) is 13.2 Å². The minimum atomic E-state index is -4.69. The number of unbranched alkanes of at least 4 members (excludes halogenated alkanes) is 7. The number of hydrogen-bond donors (Lipinski definition) is 0. The number of carbonyl (C=O) groups excluding carboxylic acids is 1. The second-order valence-corrected chi connectivity index (χ2v) is 8.94. The first-order valence-corrected chi connectivity index (χ1v) is 13.0. The van der Waals surface area contributed by atoms with Crippen molar-refractivity contribution in [2.45, 2.75) is 83.9 Å². The van der Waals surface area contributed by atoms with E-state index in [1.54, 1.807) is 12.1 Å². The number of alkyl halides is 3. The SMILES string of the molecule is CCCCCCCCCOc1ccc(-c2ccc(C(=O)OC(COCCCC)C(F)(F)F)cc2)cc1. The van der Waals surface area contributed by atoms with Crippen LogP contribution in [0, 0.1) is 0 Å². The summed E-state index contributed by atoms with van der Waals surface area (Å²) >= 11 is 0. The molecule has 0 heterocycles. The summed E-state index contributed by atoms with van der Waals surface area (Å²) in [4.78, 5) is 12.3. The Morgan fingerprint density at radius 2 is 1.31 bits per heavy atom. The molecule has 4 nitrogen and oxygen atoms in total. The highest BCUT2D eigenvalue weighted by Gasteiger charge is 2.43. The minimum Gasteiger partial charge on any atom is -0.494 e. The molecule has 0 saturated carbocycles. The Balaban J connectivity index is 1.83. The highest BCUT2D eigenvalue weighted by atomic mass is 19.4. The van der Waals surface area contributed by atoms with Crippen molar-refractivity contribution in [3.8, 4) is 16.9 Å². The van der Waals surface area contributed by atoms with Gasteiger partial charge in [0.1, 0.15) is 5.75 Å². The van der Waals surface area contributed by atoms with E-state index in [1.165, 1.54) is 50.7 Å². The number of rotatable bonds is 17. The lowest BCUT2D eigenvalue weighted by Gasteiger charge is -2.20. The van der Waals surface area contributed by atoms with Gasteiger partial charge in [0.2, 0.25) is 6.10 Å². The zero-order chi connectivity index (χ0) is 26.2. The van der Waals surface area contributed by atoms with Gasteiger partial charge in [-0.05, 0) is 48.2 Å². The zero-order valence-electron chi connectivity index (χ0n) is 21.4. The molecule has 0 fully saturated rings. The van der Waals surface area contributed by atoms with E-state index in [4.69, 9.17) is 14.2 Å². The molecule has 1 atom stereocenters. The van der Waals surface area contributed by atoms with Crippen molar-refractivity contribution in [2.24, 2.45) is 0 Å². The van der Waals surface area contributed by atoms with Crippen LogP contribution in [-0.2, 0) is 9.47 Å². The molecule has 0 saturated heterocycles. The highest BCUT2D eigenvalue weighted by Crippen LogP contribution is 2.26. The average Bonchev–Trinajstić information content (AvgIpc) is 2.87. The molecule has 0 aliphatic rings. The number of benzene rings is 2. The van der Waals surface area contributed by atoms with Crippen molar-refractivity contribution in [3.63, 3.8) is 0 Å². The third-order valence-corrected chi connectivity index (χ3v) is 5.85. The number of carbonyl (C=O) groups is 1. The van der Waals surface area contributed by atoms with Crippen LogP contribution in [0.15, 0.2) is 48.5 Å². The van der Waals surface area contributed by atoms with Crippen LogP contribution in [0.25, 0.3) is 11.1 Å². The monoisotopic (exact) mass is 508 g/mol. The number of hydrogen-bond acceptors (Lipinski definition) is 4. The summed E-state index contributed by atoms with van der Waals surface area (Å²) in [6.45, 7) is 4.30. The first-order chi connectivity index (χ1) is 17.3. The maximum absolute atomic E-state index is 13.2. The molecule has 2 aromatic rings. The van der Waals surface area contributed by atoms with Crippen LogP contribution in [0.5, 0.6) is 5.75 Å². The summed E-state index contributed by atoms with van der Waals surface area (Å²) in [5, 5.41) is 0. The lowest BCUT2D eigenvalue weighted by atomic mass is 10.0. The van der Waals surface area contributed by atoms with Gasteiger partial charge in [-0.3, -0.25) is 0 Å². The predicted molar refractivity (Wildman–Crippen MR) is 136 cm³/mol. The molecule has 0 aromatic heterocycles. The quantitative estimate of drug-likeness (QED) is 0.159. The summed E-state index contributed by atoms with van der Waals surface area (Å²) in [7, 11) is 0. The number of ether oxygens (including phenoxy) is 3. The van der Waals surface area contributed by atoms with Gasteiger partial charge < -0.3 is 14.2 Å². The van der Waals surface area contributed by atoms with E-state index < -0.39 is 24.9 Å². The van der Waals surface area contributed by atoms with Crippen molar-refractivity contribution in [2.75, 3.05) is 19.8 Å². The van der Waals surface area contributed by atoms with Gasteiger partial charge in [0.15, 0.2) is 0 Å². The topological polar surface area (TPSA) is 44.8 Å². The summed E-state index contributed by atoms with van der Waals surface area (Å²) in [6, 6.07) is 13.9. The molecule has 0 aliphatic carbocycles. The van der Waals surface area contributed by atoms with E-state index in [1.807, 2.05) is 31.2 Å². The van der Waals surface area contributed by atoms with Crippen LogP contribution < -0.4 is 4.74 Å². The van der Waals surface area contributed by atoms with Crippen LogP contribution in [0.1, 0.15) is 82.0 Å². The van der Waals surface area contributed by atoms with Gasteiger partial charge in [0.25, 0.3) is 0 Å². The lowest BCUT2D eigenvalue weighted by Crippen LogP contribution is -2.38. The van der Waals surface area contributed by atoms with E-state index in [-0.39, 0.29) is 12.2 Å². The fraction of sp³-hybridized carbons (Fsp3) is 0.552. The largest absolute Gasteiger partial charge is 0.494 e. The molecule has 0 aliphatic heterocycles. The minimum absolute atomic E-state index is 0.0520. The molecule has 0 N–H and O–H groups in total. The molecule has 200 valence electrons. The number of esters is 1. The van der Waals surface area contributed by atoms with E-state index in [9.17, 15) is 18.0 Å². The average molecular weight is 509 g/mol. The fourth-order valence-electron chi connectivity index (χ4n) is 3.62. The predicted octanol–water partition coefficient (Wildman–Crippen LogP) is 8.39. The Bertz CT molecular complexity index is 864. The van der Waals surface area contributed by atoms with Crippen molar-refractivity contribution in [1.82, 2.24) is 0 Å². The Kier molecular flexibility index (Phi) is 13.4. The molecule has 2 rings (SSSR count). The smallest absolute Gasteiger partial charge is 0.427 e. The summed E-state index contributed by atoms with van der Waals surface area (Å²) in [6.07, 6.45) is 3.07. The molecule has 2 aromatic carbocycles. The van der Waals surface area contributed by atoms with Crippen molar-refractivity contribution in [1.29, 1.82) is 0 Å². The van der Waals surface area contributed by atoms with Crippen LogP contribution in [0.2, 0.25) is 0 Å². The highest BCUT2D eigenvalue weighted by molar-refractivity contribution is 5.90. The molecule has 36 heavy (non-hydrogen) atoms. The first kappa shape index (κ1) is 29.7. The Hall–Kier alpha value is -2.54. The molecule has 0 bridgehead atoms. The standard InChI is InChI=1S/C29H39F3O4/c1-3-5-7-8-9-10-11-21-35-26-18-16-24(17-19-26)23-12-14-25(15-13-23)28(33)36-27(29(30,31)32)22-34-20-6-4-2/h12-19,27H,3-11,20-22H2,1-2H3. The molecule has 1 unspecified atom stereocenters.